The van der Waals surface area contributed by atoms with Crippen LogP contribution in [0.25, 0.3) is 0 Å². The quantitative estimate of drug-likeness (QED) is 0.730. The lowest BCUT2D eigenvalue weighted by molar-refractivity contribution is -0.160. The minimum atomic E-state index is -1.00. The SMILES string of the molecule is CC(C)C[C@@H](NC(=O)C1CCCN1C(=O)C12CC3CC(CC(C3)C1)C2)C(=O)O. The Kier molecular flexibility index (Phi) is 5.17. The Bertz CT molecular complexity index is 624. The number of carboxylic acids is 1. The van der Waals surface area contributed by atoms with Crippen LogP contribution >= 0.6 is 0 Å². The second kappa shape index (κ2) is 7.34. The largest absolute Gasteiger partial charge is 0.480 e. The van der Waals surface area contributed by atoms with E-state index in [1.165, 1.54) is 19.3 Å². The van der Waals surface area contributed by atoms with Crippen molar-refractivity contribution in [3.63, 3.8) is 0 Å². The Morgan fingerprint density at radius 3 is 2.14 bits per heavy atom. The number of nitrogens with zero attached hydrogens (tertiary/aromatic N) is 1. The van der Waals surface area contributed by atoms with Crippen molar-refractivity contribution < 1.29 is 19.5 Å². The highest BCUT2D eigenvalue weighted by atomic mass is 16.4. The van der Waals surface area contributed by atoms with E-state index in [-0.39, 0.29) is 23.1 Å². The first-order valence-electron chi connectivity index (χ1n) is 11.1. The smallest absolute Gasteiger partial charge is 0.326 e. The molecule has 0 radical (unpaired) electrons. The van der Waals surface area contributed by atoms with Gasteiger partial charge in [0, 0.05) is 6.54 Å². The van der Waals surface area contributed by atoms with E-state index in [9.17, 15) is 19.5 Å². The van der Waals surface area contributed by atoms with Crippen molar-refractivity contribution in [2.24, 2.45) is 29.1 Å². The average molecular weight is 391 g/mol. The zero-order valence-electron chi connectivity index (χ0n) is 17.2. The van der Waals surface area contributed by atoms with Crippen LogP contribution in [0.15, 0.2) is 0 Å². The van der Waals surface area contributed by atoms with Crippen molar-refractivity contribution in [1.29, 1.82) is 0 Å². The van der Waals surface area contributed by atoms with Gasteiger partial charge in [0.15, 0.2) is 0 Å². The number of carbonyl (C=O) groups is 3. The van der Waals surface area contributed by atoms with Crippen molar-refractivity contribution in [2.75, 3.05) is 6.54 Å². The van der Waals surface area contributed by atoms with E-state index in [1.54, 1.807) is 4.90 Å². The molecule has 0 aromatic carbocycles. The standard InChI is InChI=1S/C22H34N2O4/c1-13(2)6-17(20(26)27)23-19(25)18-4-3-5-24(18)21(28)22-10-14-7-15(11-22)9-16(8-14)12-22/h13-18H,3-12H2,1-2H3,(H,23,25)(H,26,27)/t14?,15?,16?,17-,18?,22?/m1/s1. The minimum absolute atomic E-state index is 0.176. The Labute approximate surface area is 167 Å². The number of carboxylic acid groups (broad SMARTS) is 1. The predicted molar refractivity (Wildman–Crippen MR) is 104 cm³/mol. The average Bonchev–Trinajstić information content (AvgIpc) is 3.08. The number of nitrogens with one attached hydrogen (secondary N) is 1. The van der Waals surface area contributed by atoms with Crippen LogP contribution in [0.4, 0.5) is 0 Å². The van der Waals surface area contributed by atoms with Crippen LogP contribution < -0.4 is 5.32 Å². The first-order valence-corrected chi connectivity index (χ1v) is 11.1. The van der Waals surface area contributed by atoms with Gasteiger partial charge >= 0.3 is 5.97 Å². The van der Waals surface area contributed by atoms with Gasteiger partial charge in [-0.1, -0.05) is 13.8 Å². The number of hydrogen-bond acceptors (Lipinski definition) is 3. The van der Waals surface area contributed by atoms with Gasteiger partial charge in [0.05, 0.1) is 5.41 Å². The molecule has 1 heterocycles. The molecule has 5 aliphatic rings. The molecule has 2 amide bonds. The minimum Gasteiger partial charge on any atom is -0.480 e. The van der Waals surface area contributed by atoms with Gasteiger partial charge < -0.3 is 15.3 Å². The molecule has 28 heavy (non-hydrogen) atoms. The fourth-order valence-electron chi connectivity index (χ4n) is 6.92. The zero-order chi connectivity index (χ0) is 20.1. The van der Waals surface area contributed by atoms with Crippen molar-refractivity contribution in [2.45, 2.75) is 83.7 Å². The molecule has 4 saturated carbocycles. The van der Waals surface area contributed by atoms with Gasteiger partial charge in [-0.3, -0.25) is 9.59 Å². The van der Waals surface area contributed by atoms with Crippen molar-refractivity contribution >= 4 is 17.8 Å². The molecule has 6 heteroatoms. The first-order chi connectivity index (χ1) is 13.3. The summed E-state index contributed by atoms with van der Waals surface area (Å²) in [7, 11) is 0. The maximum Gasteiger partial charge on any atom is 0.326 e. The number of rotatable bonds is 6. The number of amides is 2. The highest BCUT2D eigenvalue weighted by Crippen LogP contribution is 2.60. The monoisotopic (exact) mass is 390 g/mol. The topological polar surface area (TPSA) is 86.7 Å². The Hall–Kier alpha value is -1.59. The highest BCUT2D eigenvalue weighted by molar-refractivity contribution is 5.92. The molecule has 2 N–H and O–H groups in total. The molecule has 4 bridgehead atoms. The van der Waals surface area contributed by atoms with Gasteiger partial charge in [0.2, 0.25) is 11.8 Å². The maximum absolute atomic E-state index is 13.6. The summed E-state index contributed by atoms with van der Waals surface area (Å²) in [6, 6.07) is -1.39. The summed E-state index contributed by atoms with van der Waals surface area (Å²) in [4.78, 5) is 39.9. The lowest BCUT2D eigenvalue weighted by atomic mass is 9.49. The third-order valence-corrected chi connectivity index (χ3v) is 7.63. The molecule has 4 aliphatic carbocycles. The van der Waals surface area contributed by atoms with Crippen molar-refractivity contribution in [3.05, 3.63) is 0 Å². The van der Waals surface area contributed by atoms with Crippen molar-refractivity contribution in [3.8, 4) is 0 Å². The number of carbonyl (C=O) groups excluding carboxylic acids is 2. The van der Waals surface area contributed by atoms with Gasteiger partial charge in [-0.05, 0) is 81.5 Å². The second-order valence-corrected chi connectivity index (χ2v) is 10.4. The molecule has 2 atom stereocenters. The maximum atomic E-state index is 13.6. The van der Waals surface area contributed by atoms with E-state index >= 15 is 0 Å². The van der Waals surface area contributed by atoms with E-state index < -0.39 is 18.1 Å². The molecule has 5 fully saturated rings. The molecular weight excluding hydrogens is 356 g/mol. The van der Waals surface area contributed by atoms with E-state index in [1.807, 2.05) is 13.8 Å². The van der Waals surface area contributed by atoms with Crippen LogP contribution in [0, 0.1) is 29.1 Å². The summed E-state index contributed by atoms with van der Waals surface area (Å²) in [5.41, 5.74) is -0.248. The van der Waals surface area contributed by atoms with E-state index in [0.717, 1.165) is 25.7 Å². The molecule has 1 unspecified atom stereocenters. The summed E-state index contributed by atoms with van der Waals surface area (Å²) in [5.74, 6) is 1.13. The molecule has 0 spiro atoms. The molecule has 1 aliphatic heterocycles. The van der Waals surface area contributed by atoms with Crippen LogP contribution in [-0.2, 0) is 14.4 Å². The van der Waals surface area contributed by atoms with E-state index in [4.69, 9.17) is 0 Å². The van der Waals surface area contributed by atoms with Gasteiger partial charge in [-0.25, -0.2) is 4.79 Å². The van der Waals surface area contributed by atoms with Gasteiger partial charge in [-0.2, -0.15) is 0 Å². The van der Waals surface area contributed by atoms with Crippen LogP contribution in [0.1, 0.15) is 71.6 Å². The third kappa shape index (κ3) is 3.55. The summed E-state index contributed by atoms with van der Waals surface area (Å²) in [6.07, 6.45) is 8.69. The van der Waals surface area contributed by atoms with Crippen LogP contribution in [0.5, 0.6) is 0 Å². The Balaban J connectivity index is 1.46. The number of aliphatic carboxylic acids is 1. The first kappa shape index (κ1) is 19.7. The van der Waals surface area contributed by atoms with Crippen LogP contribution in [-0.4, -0.2) is 46.4 Å². The fourth-order valence-corrected chi connectivity index (χ4v) is 6.92. The fraction of sp³-hybridized carbons (Fsp3) is 0.864. The summed E-state index contributed by atoms with van der Waals surface area (Å²) >= 11 is 0. The lowest BCUT2D eigenvalue weighted by Crippen LogP contribution is -2.58. The Morgan fingerprint density at radius 2 is 1.64 bits per heavy atom. The third-order valence-electron chi connectivity index (χ3n) is 7.63. The van der Waals surface area contributed by atoms with Gasteiger partial charge in [0.1, 0.15) is 12.1 Å². The van der Waals surface area contributed by atoms with Crippen molar-refractivity contribution in [1.82, 2.24) is 10.2 Å². The van der Waals surface area contributed by atoms with Crippen LogP contribution in [0.2, 0.25) is 0 Å². The normalized spacial score (nSPS) is 37.3. The zero-order valence-corrected chi connectivity index (χ0v) is 17.2. The molecule has 1 saturated heterocycles. The van der Waals surface area contributed by atoms with Gasteiger partial charge in [-0.15, -0.1) is 0 Å². The second-order valence-electron chi connectivity index (χ2n) is 10.4. The summed E-state index contributed by atoms with van der Waals surface area (Å²) < 4.78 is 0. The molecular formula is C22H34N2O4. The summed E-state index contributed by atoms with van der Waals surface area (Å²) in [6.45, 7) is 4.52. The lowest BCUT2D eigenvalue weighted by Gasteiger charge is -2.56. The number of likely N-dealkylation sites (tertiary alicyclic amines) is 1. The molecule has 6 nitrogen and oxygen atoms in total. The molecule has 0 aromatic rings. The summed E-state index contributed by atoms with van der Waals surface area (Å²) in [5, 5.41) is 12.2. The molecule has 156 valence electrons. The highest BCUT2D eigenvalue weighted by Gasteiger charge is 2.56. The molecule has 0 aromatic heterocycles. The van der Waals surface area contributed by atoms with E-state index in [2.05, 4.69) is 5.32 Å². The van der Waals surface area contributed by atoms with Gasteiger partial charge in [0.25, 0.3) is 0 Å². The molecule has 5 rings (SSSR count). The predicted octanol–water partition coefficient (Wildman–Crippen LogP) is 2.81. The Morgan fingerprint density at radius 1 is 1.07 bits per heavy atom. The van der Waals surface area contributed by atoms with E-state index in [0.29, 0.717) is 37.1 Å². The number of hydrogen-bond donors (Lipinski definition) is 2. The van der Waals surface area contributed by atoms with Crippen LogP contribution in [0.3, 0.4) is 0 Å².